The summed E-state index contributed by atoms with van der Waals surface area (Å²) in [5.74, 6) is 10.6. The van der Waals surface area contributed by atoms with Crippen molar-refractivity contribution in [2.24, 2.45) is 0 Å². The molecule has 3 aromatic rings. The van der Waals surface area contributed by atoms with E-state index >= 15 is 0 Å². The van der Waals surface area contributed by atoms with Crippen LogP contribution in [-0.2, 0) is 9.47 Å². The van der Waals surface area contributed by atoms with Gasteiger partial charge >= 0.3 is 18.2 Å². The summed E-state index contributed by atoms with van der Waals surface area (Å²) in [5, 5.41) is 15.2. The molecule has 41 heavy (non-hydrogen) atoms. The summed E-state index contributed by atoms with van der Waals surface area (Å²) in [6.45, 7) is 10.7. The third-order valence-corrected chi connectivity index (χ3v) is 5.02. The molecule has 0 aliphatic rings. The lowest BCUT2D eigenvalue weighted by molar-refractivity contribution is 0.0624. The number of carbonyl (C=O) groups is 3. The summed E-state index contributed by atoms with van der Waals surface area (Å²) in [7, 11) is 0. The molecule has 0 spiro atoms. The number of ether oxygens (including phenoxy) is 2. The van der Waals surface area contributed by atoms with Gasteiger partial charge in [-0.3, -0.25) is 10.6 Å². The predicted octanol–water partition coefficient (Wildman–Crippen LogP) is 6.88. The molecular weight excluding hydrogens is 520 g/mol. The van der Waals surface area contributed by atoms with Gasteiger partial charge in [0.25, 0.3) is 0 Å². The number of carbonyl (C=O) groups excluding carboxylic acids is 2. The lowest BCUT2D eigenvalue weighted by Gasteiger charge is -2.19. The maximum Gasteiger partial charge on any atom is 0.412 e. The minimum absolute atomic E-state index is 0.000995. The van der Waals surface area contributed by atoms with Crippen molar-refractivity contribution in [1.29, 1.82) is 0 Å². The molecule has 0 saturated heterocycles. The van der Waals surface area contributed by atoms with Crippen LogP contribution in [0, 0.1) is 23.7 Å². The van der Waals surface area contributed by atoms with E-state index in [2.05, 4.69) is 34.3 Å². The molecule has 3 aromatic carbocycles. The van der Waals surface area contributed by atoms with Crippen LogP contribution < -0.4 is 10.6 Å². The highest BCUT2D eigenvalue weighted by Crippen LogP contribution is 2.17. The first kappa shape index (κ1) is 30.3. The monoisotopic (exact) mass is 552 g/mol. The second-order valence-electron chi connectivity index (χ2n) is 10.9. The van der Waals surface area contributed by atoms with Gasteiger partial charge in [-0.15, -0.1) is 0 Å². The number of hydrogen-bond acceptors (Lipinski definition) is 5. The van der Waals surface area contributed by atoms with Crippen LogP contribution in [0.2, 0.25) is 0 Å². The standard InChI is InChI=1S/C33H32N2O6/c1-32(2,3)40-30(38)34-26-18-12-22(13-19-26)10-16-24-8-7-9-25(28(24)29(36)37)17-11-23-14-20-27(21-15-23)35-31(39)41-33(4,5)6/h7-9,12-15,18-21H,1-6H3,(H,34,38)(H,35,39)(H,36,37). The topological polar surface area (TPSA) is 114 Å². The highest BCUT2D eigenvalue weighted by molar-refractivity contribution is 5.94. The zero-order chi connectivity index (χ0) is 30.2. The number of amides is 2. The Balaban J connectivity index is 1.76. The van der Waals surface area contributed by atoms with E-state index in [0.29, 0.717) is 33.6 Å². The van der Waals surface area contributed by atoms with Crippen molar-refractivity contribution < 1.29 is 29.0 Å². The summed E-state index contributed by atoms with van der Waals surface area (Å²) in [6.07, 6.45) is -1.12. The first-order valence-corrected chi connectivity index (χ1v) is 12.8. The summed E-state index contributed by atoms with van der Waals surface area (Å²) in [5.41, 5.74) is 1.76. The van der Waals surface area contributed by atoms with Crippen molar-refractivity contribution in [3.8, 4) is 23.7 Å². The van der Waals surface area contributed by atoms with Crippen LogP contribution in [0.5, 0.6) is 0 Å². The van der Waals surface area contributed by atoms with Gasteiger partial charge in [-0.25, -0.2) is 14.4 Å². The molecule has 8 heteroatoms. The van der Waals surface area contributed by atoms with Crippen molar-refractivity contribution in [3.63, 3.8) is 0 Å². The zero-order valence-electron chi connectivity index (χ0n) is 23.8. The molecule has 3 rings (SSSR count). The Bertz CT molecular complexity index is 1440. The minimum atomic E-state index is -1.15. The highest BCUT2D eigenvalue weighted by Gasteiger charge is 2.17. The van der Waals surface area contributed by atoms with Crippen LogP contribution in [-0.4, -0.2) is 34.5 Å². The summed E-state index contributed by atoms with van der Waals surface area (Å²) in [4.78, 5) is 36.0. The number of hydrogen-bond donors (Lipinski definition) is 3. The second-order valence-corrected chi connectivity index (χ2v) is 10.9. The quantitative estimate of drug-likeness (QED) is 0.305. The Hall–Kier alpha value is -5.21. The van der Waals surface area contributed by atoms with Gasteiger partial charge in [-0.1, -0.05) is 29.7 Å². The maximum absolute atomic E-state index is 12.1. The summed E-state index contributed by atoms with van der Waals surface area (Å²) < 4.78 is 10.5. The van der Waals surface area contributed by atoms with Crippen molar-refractivity contribution in [2.45, 2.75) is 52.7 Å². The maximum atomic E-state index is 12.1. The SMILES string of the molecule is CC(C)(C)OC(=O)Nc1ccc(C#Cc2cccc(C#Cc3ccc(NC(=O)OC(C)(C)C)cc3)c2C(=O)O)cc1. The fraction of sp³-hybridized carbons (Fsp3) is 0.242. The average Bonchev–Trinajstić information content (AvgIpc) is 2.85. The average molecular weight is 553 g/mol. The van der Waals surface area contributed by atoms with Crippen LogP contribution in [0.25, 0.3) is 0 Å². The molecule has 0 aromatic heterocycles. The van der Waals surface area contributed by atoms with E-state index in [4.69, 9.17) is 9.47 Å². The number of carboxylic acids is 1. The van der Waals surface area contributed by atoms with Gasteiger partial charge in [-0.05, 0) is 102 Å². The van der Waals surface area contributed by atoms with Gasteiger partial charge < -0.3 is 14.6 Å². The third-order valence-electron chi connectivity index (χ3n) is 5.02. The van der Waals surface area contributed by atoms with E-state index in [1.165, 1.54) is 0 Å². The molecule has 0 unspecified atom stereocenters. The van der Waals surface area contributed by atoms with Gasteiger partial charge in [0, 0.05) is 33.6 Å². The highest BCUT2D eigenvalue weighted by atomic mass is 16.6. The molecule has 0 saturated carbocycles. The largest absolute Gasteiger partial charge is 0.478 e. The van der Waals surface area contributed by atoms with Gasteiger partial charge in [0.15, 0.2) is 0 Å². The fourth-order valence-electron chi connectivity index (χ4n) is 3.39. The van der Waals surface area contributed by atoms with E-state index in [9.17, 15) is 19.5 Å². The van der Waals surface area contributed by atoms with Gasteiger partial charge in [0.05, 0.1) is 5.56 Å². The Kier molecular flexibility index (Phi) is 9.44. The van der Waals surface area contributed by atoms with Crippen LogP contribution in [0.1, 0.15) is 74.2 Å². The van der Waals surface area contributed by atoms with E-state index < -0.39 is 29.4 Å². The number of carboxylic acid groups (broad SMARTS) is 1. The number of nitrogens with one attached hydrogen (secondary N) is 2. The van der Waals surface area contributed by atoms with Crippen molar-refractivity contribution in [1.82, 2.24) is 0 Å². The van der Waals surface area contributed by atoms with E-state index in [1.54, 1.807) is 108 Å². The van der Waals surface area contributed by atoms with E-state index in [0.717, 1.165) is 0 Å². The van der Waals surface area contributed by atoms with Crippen LogP contribution in [0.4, 0.5) is 21.0 Å². The molecule has 0 atom stereocenters. The first-order chi connectivity index (χ1) is 19.2. The van der Waals surface area contributed by atoms with Gasteiger partial charge in [-0.2, -0.15) is 0 Å². The minimum Gasteiger partial charge on any atom is -0.478 e. The molecule has 0 aliphatic heterocycles. The number of aromatic carboxylic acids is 1. The Morgan fingerprint density at radius 3 is 1.29 bits per heavy atom. The predicted molar refractivity (Wildman–Crippen MR) is 158 cm³/mol. The smallest absolute Gasteiger partial charge is 0.412 e. The van der Waals surface area contributed by atoms with E-state index in [1.807, 2.05) is 0 Å². The molecule has 210 valence electrons. The molecule has 8 nitrogen and oxygen atoms in total. The number of rotatable bonds is 3. The lowest BCUT2D eigenvalue weighted by Crippen LogP contribution is -2.27. The molecule has 2 amide bonds. The summed E-state index contributed by atoms with van der Waals surface area (Å²) >= 11 is 0. The van der Waals surface area contributed by atoms with Crippen molar-refractivity contribution in [2.75, 3.05) is 10.6 Å². The van der Waals surface area contributed by atoms with Crippen molar-refractivity contribution in [3.05, 3.63) is 94.5 Å². The third kappa shape index (κ3) is 10.1. The van der Waals surface area contributed by atoms with E-state index in [-0.39, 0.29) is 5.56 Å². The molecule has 0 aliphatic carbocycles. The molecule has 3 N–H and O–H groups in total. The van der Waals surface area contributed by atoms with Crippen LogP contribution in [0.3, 0.4) is 0 Å². The first-order valence-electron chi connectivity index (χ1n) is 12.8. The molecule has 0 heterocycles. The molecular formula is C33H32N2O6. The fourth-order valence-corrected chi connectivity index (χ4v) is 3.39. The lowest BCUT2D eigenvalue weighted by atomic mass is 10.0. The normalized spacial score (nSPS) is 10.7. The molecule has 0 fully saturated rings. The van der Waals surface area contributed by atoms with Gasteiger partial charge in [0.1, 0.15) is 11.2 Å². The second kappa shape index (κ2) is 12.8. The number of benzene rings is 3. The Morgan fingerprint density at radius 2 is 0.976 bits per heavy atom. The van der Waals surface area contributed by atoms with Crippen LogP contribution in [0.15, 0.2) is 66.7 Å². The number of anilines is 2. The zero-order valence-corrected chi connectivity index (χ0v) is 23.8. The Labute approximate surface area is 240 Å². The molecule has 0 radical (unpaired) electrons. The Morgan fingerprint density at radius 1 is 0.610 bits per heavy atom. The van der Waals surface area contributed by atoms with Gasteiger partial charge in [0.2, 0.25) is 0 Å². The van der Waals surface area contributed by atoms with Crippen molar-refractivity contribution >= 4 is 29.5 Å². The molecule has 0 bridgehead atoms. The van der Waals surface area contributed by atoms with Crippen LogP contribution >= 0.6 is 0 Å². The summed E-state index contributed by atoms with van der Waals surface area (Å²) in [6, 6.07) is 18.5.